The van der Waals surface area contributed by atoms with E-state index in [1.54, 1.807) is 26.5 Å². The van der Waals surface area contributed by atoms with Crippen molar-refractivity contribution in [2.75, 3.05) is 51.2 Å². The first-order valence-corrected chi connectivity index (χ1v) is 9.75. The second-order valence-corrected chi connectivity index (χ2v) is 6.69. The Labute approximate surface area is 185 Å². The fourth-order valence-corrected chi connectivity index (χ4v) is 2.86. The van der Waals surface area contributed by atoms with E-state index < -0.39 is 0 Å². The summed E-state index contributed by atoms with van der Waals surface area (Å²) in [5.74, 6) is 1.57. The molecule has 0 aliphatic heterocycles. The van der Waals surface area contributed by atoms with Crippen LogP contribution >= 0.6 is 0 Å². The number of hydrogen-bond acceptors (Lipinski definition) is 11. The smallest absolute Gasteiger partial charge is 0.213 e. The van der Waals surface area contributed by atoms with E-state index in [-0.39, 0.29) is 17.2 Å². The van der Waals surface area contributed by atoms with Crippen molar-refractivity contribution in [3.63, 3.8) is 0 Å². The number of aryl methyl sites for hydroxylation is 1. The first-order chi connectivity index (χ1) is 15.6. The van der Waals surface area contributed by atoms with Gasteiger partial charge in [-0.1, -0.05) is 0 Å². The molecular weight excluding hydrogens is 412 g/mol. The first-order valence-electron chi connectivity index (χ1n) is 9.75. The van der Waals surface area contributed by atoms with Gasteiger partial charge in [0.15, 0.2) is 11.6 Å². The van der Waals surface area contributed by atoms with Gasteiger partial charge in [-0.05, 0) is 18.6 Å². The average molecular weight is 436 g/mol. The molecule has 0 aromatic carbocycles. The number of nitrogen functional groups attached to an aromatic ring is 1. The number of hydrogen-bond donors (Lipinski definition) is 1. The lowest BCUT2D eigenvalue weighted by Gasteiger charge is -2.24. The zero-order valence-electron chi connectivity index (χ0n) is 18.1. The molecule has 0 amide bonds. The van der Waals surface area contributed by atoms with Crippen molar-refractivity contribution in [3.05, 3.63) is 42.0 Å². The van der Waals surface area contributed by atoms with E-state index in [0.717, 1.165) is 5.56 Å². The van der Waals surface area contributed by atoms with Crippen LogP contribution in [0.2, 0.25) is 0 Å². The van der Waals surface area contributed by atoms with Crippen LogP contribution in [-0.2, 0) is 9.47 Å². The molecule has 0 aliphatic carbocycles. The predicted octanol–water partition coefficient (Wildman–Crippen LogP) is 2.33. The molecule has 0 radical (unpaired) electrons. The summed E-state index contributed by atoms with van der Waals surface area (Å²) >= 11 is 0. The third-order valence-electron chi connectivity index (χ3n) is 4.51. The molecule has 0 unspecified atom stereocenters. The quantitative estimate of drug-likeness (QED) is 0.472. The number of nitrogens with zero attached hydrogens (tertiary/aromatic N) is 9. The number of nitrogens with two attached hydrogens (primary N) is 1. The minimum atomic E-state index is 0.149. The van der Waals surface area contributed by atoms with E-state index in [1.165, 1.54) is 17.2 Å². The molecular formula is C20H24N10O2. The first kappa shape index (κ1) is 22.7. The average Bonchev–Trinajstić information content (AvgIpc) is 3.22. The third kappa shape index (κ3) is 5.39. The summed E-state index contributed by atoms with van der Waals surface area (Å²) < 4.78 is 11.8. The molecule has 0 aliphatic rings. The Bertz CT molecular complexity index is 1080. The molecule has 3 rings (SSSR count). The molecule has 0 fully saturated rings. The van der Waals surface area contributed by atoms with E-state index in [4.69, 9.17) is 15.2 Å². The number of rotatable bonds is 10. The zero-order valence-corrected chi connectivity index (χ0v) is 18.1. The Morgan fingerprint density at radius 1 is 1.22 bits per heavy atom. The Hall–Kier alpha value is -3.95. The minimum Gasteiger partial charge on any atom is -0.383 e. The van der Waals surface area contributed by atoms with Crippen molar-refractivity contribution < 1.29 is 9.47 Å². The predicted molar refractivity (Wildman–Crippen MR) is 117 cm³/mol. The molecule has 12 nitrogen and oxygen atoms in total. The Morgan fingerprint density at radius 2 is 1.97 bits per heavy atom. The van der Waals surface area contributed by atoms with Crippen LogP contribution in [0.1, 0.15) is 11.1 Å². The van der Waals surface area contributed by atoms with E-state index in [0.29, 0.717) is 43.6 Å². The van der Waals surface area contributed by atoms with Crippen LogP contribution in [0.4, 0.5) is 23.1 Å². The molecule has 32 heavy (non-hydrogen) atoms. The molecule has 0 atom stereocenters. The molecule has 0 saturated carbocycles. The highest BCUT2D eigenvalue weighted by molar-refractivity contribution is 5.66. The summed E-state index contributed by atoms with van der Waals surface area (Å²) in [4.78, 5) is 14.5. The molecule has 12 heteroatoms. The number of nitriles is 1. The summed E-state index contributed by atoms with van der Waals surface area (Å²) in [6.45, 7) is 4.22. The maximum atomic E-state index is 9.42. The van der Waals surface area contributed by atoms with Crippen molar-refractivity contribution in [1.82, 2.24) is 24.7 Å². The van der Waals surface area contributed by atoms with Gasteiger partial charge in [-0.2, -0.15) is 5.26 Å². The topological polar surface area (TPSA) is 153 Å². The highest BCUT2D eigenvalue weighted by atomic mass is 16.5. The highest BCUT2D eigenvalue weighted by Gasteiger charge is 2.15. The Balaban J connectivity index is 1.88. The maximum Gasteiger partial charge on any atom is 0.213 e. The molecule has 3 aromatic heterocycles. The van der Waals surface area contributed by atoms with Gasteiger partial charge in [0, 0.05) is 39.6 Å². The van der Waals surface area contributed by atoms with Crippen molar-refractivity contribution in [3.8, 4) is 11.9 Å². The number of ether oxygens (including phenoxy) is 2. The fourth-order valence-electron chi connectivity index (χ4n) is 2.86. The molecule has 166 valence electrons. The van der Waals surface area contributed by atoms with Gasteiger partial charge in [0.2, 0.25) is 5.82 Å². The summed E-state index contributed by atoms with van der Waals surface area (Å²) in [5, 5.41) is 22.1. The van der Waals surface area contributed by atoms with Gasteiger partial charge in [-0.3, -0.25) is 0 Å². The van der Waals surface area contributed by atoms with Crippen molar-refractivity contribution in [2.45, 2.75) is 6.92 Å². The van der Waals surface area contributed by atoms with Crippen LogP contribution in [0.5, 0.6) is 0 Å². The standard InChI is InChI=1S/C20H24N10O2/c1-14-10-17(29(6-8-31-2)7-9-32-3)25-19(22)18(14)26-27-20-15(11-21)12-30(28-20)16-4-5-23-13-24-16/h4-5,10,12-13H,6-9H2,1-3H3,(H2,22,25). The lowest BCUT2D eigenvalue weighted by molar-refractivity contribution is 0.190. The number of azo groups is 1. The van der Waals surface area contributed by atoms with Gasteiger partial charge >= 0.3 is 0 Å². The fraction of sp³-hybridized carbons (Fsp3) is 0.350. The zero-order chi connectivity index (χ0) is 22.9. The van der Waals surface area contributed by atoms with Gasteiger partial charge in [-0.15, -0.1) is 15.3 Å². The summed E-state index contributed by atoms with van der Waals surface area (Å²) in [6.07, 6.45) is 4.50. The van der Waals surface area contributed by atoms with Gasteiger partial charge < -0.3 is 20.1 Å². The van der Waals surface area contributed by atoms with Gasteiger partial charge in [0.05, 0.1) is 19.4 Å². The van der Waals surface area contributed by atoms with Crippen LogP contribution < -0.4 is 10.6 Å². The third-order valence-corrected chi connectivity index (χ3v) is 4.51. The minimum absolute atomic E-state index is 0.149. The lowest BCUT2D eigenvalue weighted by atomic mass is 10.2. The second kappa shape index (κ2) is 10.9. The summed E-state index contributed by atoms with van der Waals surface area (Å²) in [6, 6.07) is 5.60. The Kier molecular flexibility index (Phi) is 7.74. The second-order valence-electron chi connectivity index (χ2n) is 6.69. The lowest BCUT2D eigenvalue weighted by Crippen LogP contribution is -2.31. The number of aromatic nitrogens is 5. The van der Waals surface area contributed by atoms with Crippen LogP contribution in [0.3, 0.4) is 0 Å². The number of anilines is 2. The Morgan fingerprint density at radius 3 is 2.56 bits per heavy atom. The largest absolute Gasteiger partial charge is 0.383 e. The van der Waals surface area contributed by atoms with E-state index in [1.807, 2.05) is 17.9 Å². The van der Waals surface area contributed by atoms with Crippen LogP contribution in [-0.4, -0.2) is 65.3 Å². The molecule has 3 heterocycles. The van der Waals surface area contributed by atoms with E-state index in [9.17, 15) is 5.26 Å². The monoisotopic (exact) mass is 436 g/mol. The van der Waals surface area contributed by atoms with Crippen LogP contribution in [0.15, 0.2) is 41.1 Å². The summed E-state index contributed by atoms with van der Waals surface area (Å²) in [5.41, 5.74) is 7.63. The molecule has 0 bridgehead atoms. The highest BCUT2D eigenvalue weighted by Crippen LogP contribution is 2.31. The van der Waals surface area contributed by atoms with Crippen LogP contribution in [0.25, 0.3) is 5.82 Å². The van der Waals surface area contributed by atoms with Gasteiger partial charge in [-0.25, -0.2) is 19.6 Å². The van der Waals surface area contributed by atoms with Crippen molar-refractivity contribution in [1.29, 1.82) is 5.26 Å². The molecule has 2 N–H and O–H groups in total. The van der Waals surface area contributed by atoms with E-state index in [2.05, 4.69) is 36.3 Å². The number of pyridine rings is 1. The molecule has 0 saturated heterocycles. The molecule has 3 aromatic rings. The molecule has 0 spiro atoms. The normalized spacial score (nSPS) is 11.1. The van der Waals surface area contributed by atoms with Crippen molar-refractivity contribution in [2.24, 2.45) is 10.2 Å². The van der Waals surface area contributed by atoms with Gasteiger partial charge in [0.25, 0.3) is 0 Å². The number of methoxy groups -OCH3 is 2. The van der Waals surface area contributed by atoms with Gasteiger partial charge in [0.1, 0.15) is 29.5 Å². The van der Waals surface area contributed by atoms with E-state index >= 15 is 0 Å². The van der Waals surface area contributed by atoms with Crippen molar-refractivity contribution >= 4 is 23.1 Å². The summed E-state index contributed by atoms with van der Waals surface area (Å²) in [7, 11) is 3.29. The van der Waals surface area contributed by atoms with Crippen LogP contribution in [0, 0.1) is 18.3 Å². The SMILES string of the molecule is COCCN(CCOC)c1cc(C)c(N=Nc2nn(-c3ccncn3)cc2C#N)c(N)n1. The maximum absolute atomic E-state index is 9.42.